The molecule has 1 atom stereocenters. The number of hydrogen-bond donors (Lipinski definition) is 2. The molecule has 6 nitrogen and oxygen atoms in total. The van der Waals surface area contributed by atoms with E-state index in [9.17, 15) is 0 Å². The zero-order valence-corrected chi connectivity index (χ0v) is 6.64. The van der Waals surface area contributed by atoms with E-state index in [-0.39, 0.29) is 12.6 Å². The third kappa shape index (κ3) is 1.86. The van der Waals surface area contributed by atoms with Crippen molar-refractivity contribution in [3.63, 3.8) is 0 Å². The molecule has 0 saturated heterocycles. The first kappa shape index (κ1) is 8.82. The fourth-order valence-electron chi connectivity index (χ4n) is 0.630. The van der Waals surface area contributed by atoms with E-state index in [4.69, 9.17) is 15.6 Å². The molecular weight excluding hydrogens is 160 g/mol. The molecule has 0 fully saturated rings. The van der Waals surface area contributed by atoms with Gasteiger partial charge in [-0.2, -0.15) is 0 Å². The number of hydrogen-bond acceptors (Lipinski definition) is 6. The molecule has 1 aromatic rings. The number of aliphatic hydroxyl groups excluding tert-OH is 1. The highest BCUT2D eigenvalue weighted by Crippen LogP contribution is 2.04. The van der Waals surface area contributed by atoms with Gasteiger partial charge >= 0.3 is 6.01 Å². The molecule has 0 radical (unpaired) electrons. The Balaban J connectivity index is 2.77. The third-order valence-corrected chi connectivity index (χ3v) is 1.32. The minimum absolute atomic E-state index is 0.178. The molecule has 1 heterocycles. The van der Waals surface area contributed by atoms with Crippen molar-refractivity contribution in [3.05, 3.63) is 11.9 Å². The SMILES string of the molecule is COc1ncc(C(N)CO)nn1. The average molecular weight is 170 g/mol. The van der Waals surface area contributed by atoms with Gasteiger partial charge in [-0.3, -0.25) is 0 Å². The Morgan fingerprint density at radius 3 is 2.83 bits per heavy atom. The quantitative estimate of drug-likeness (QED) is 0.596. The molecule has 0 aromatic carbocycles. The van der Waals surface area contributed by atoms with Gasteiger partial charge in [0.05, 0.1) is 26.0 Å². The van der Waals surface area contributed by atoms with Crippen molar-refractivity contribution in [2.24, 2.45) is 5.73 Å². The Morgan fingerprint density at radius 2 is 2.42 bits per heavy atom. The van der Waals surface area contributed by atoms with Crippen LogP contribution in [0.2, 0.25) is 0 Å². The van der Waals surface area contributed by atoms with Crippen LogP contribution in [0.5, 0.6) is 6.01 Å². The summed E-state index contributed by atoms with van der Waals surface area (Å²) in [6.45, 7) is -0.178. The normalized spacial score (nSPS) is 12.6. The Hall–Kier alpha value is -1.27. The largest absolute Gasteiger partial charge is 0.466 e. The maximum absolute atomic E-state index is 8.66. The molecule has 1 rings (SSSR count). The maximum atomic E-state index is 8.66. The molecule has 0 spiro atoms. The van der Waals surface area contributed by atoms with E-state index in [0.29, 0.717) is 5.69 Å². The van der Waals surface area contributed by atoms with Crippen LogP contribution >= 0.6 is 0 Å². The van der Waals surface area contributed by atoms with Gasteiger partial charge in [0.1, 0.15) is 5.69 Å². The number of aliphatic hydroxyl groups is 1. The van der Waals surface area contributed by atoms with Crippen LogP contribution < -0.4 is 10.5 Å². The van der Waals surface area contributed by atoms with Gasteiger partial charge in [-0.1, -0.05) is 5.10 Å². The number of methoxy groups -OCH3 is 1. The molecule has 0 aliphatic heterocycles. The van der Waals surface area contributed by atoms with E-state index in [0.717, 1.165) is 0 Å². The Morgan fingerprint density at radius 1 is 1.67 bits per heavy atom. The molecule has 66 valence electrons. The molecular formula is C6H10N4O2. The minimum Gasteiger partial charge on any atom is -0.466 e. The van der Waals surface area contributed by atoms with Gasteiger partial charge in [0.25, 0.3) is 0 Å². The topological polar surface area (TPSA) is 94.2 Å². The summed E-state index contributed by atoms with van der Waals surface area (Å²) in [6, 6.07) is -0.347. The highest BCUT2D eigenvalue weighted by Gasteiger charge is 2.06. The first-order valence-electron chi connectivity index (χ1n) is 3.38. The minimum atomic E-state index is -0.532. The van der Waals surface area contributed by atoms with E-state index in [2.05, 4.69) is 15.2 Å². The van der Waals surface area contributed by atoms with Crippen molar-refractivity contribution in [1.82, 2.24) is 15.2 Å². The molecule has 0 aliphatic carbocycles. The summed E-state index contributed by atoms with van der Waals surface area (Å²) in [7, 11) is 1.45. The molecule has 1 unspecified atom stereocenters. The monoisotopic (exact) mass is 170 g/mol. The molecule has 12 heavy (non-hydrogen) atoms. The van der Waals surface area contributed by atoms with Crippen molar-refractivity contribution >= 4 is 0 Å². The summed E-state index contributed by atoms with van der Waals surface area (Å²) in [5, 5.41) is 16.0. The van der Waals surface area contributed by atoms with Gasteiger partial charge in [-0.05, 0) is 0 Å². The number of nitrogens with zero attached hydrogens (tertiary/aromatic N) is 3. The second-order valence-electron chi connectivity index (χ2n) is 2.16. The summed E-state index contributed by atoms with van der Waals surface area (Å²) in [6.07, 6.45) is 1.42. The van der Waals surface area contributed by atoms with Crippen LogP contribution in [0.4, 0.5) is 0 Å². The maximum Gasteiger partial charge on any atom is 0.335 e. The van der Waals surface area contributed by atoms with Gasteiger partial charge in [-0.25, -0.2) is 4.98 Å². The first-order valence-corrected chi connectivity index (χ1v) is 3.38. The molecule has 1 aromatic heterocycles. The van der Waals surface area contributed by atoms with Gasteiger partial charge in [-0.15, -0.1) is 5.10 Å². The number of aromatic nitrogens is 3. The van der Waals surface area contributed by atoms with Crippen LogP contribution in [0.25, 0.3) is 0 Å². The lowest BCUT2D eigenvalue weighted by Gasteiger charge is -2.04. The first-order chi connectivity index (χ1) is 5.77. The molecule has 3 N–H and O–H groups in total. The fraction of sp³-hybridized carbons (Fsp3) is 0.500. The Kier molecular flexibility index (Phi) is 2.89. The molecule has 6 heteroatoms. The van der Waals surface area contributed by atoms with E-state index in [1.807, 2.05) is 0 Å². The van der Waals surface area contributed by atoms with Crippen molar-refractivity contribution < 1.29 is 9.84 Å². The summed E-state index contributed by atoms with van der Waals surface area (Å²) in [5.41, 5.74) is 5.90. The van der Waals surface area contributed by atoms with Gasteiger partial charge in [0, 0.05) is 0 Å². The van der Waals surface area contributed by atoms with Crippen LogP contribution in [-0.4, -0.2) is 34.0 Å². The van der Waals surface area contributed by atoms with E-state index < -0.39 is 6.04 Å². The zero-order chi connectivity index (χ0) is 8.97. The van der Waals surface area contributed by atoms with E-state index in [1.54, 1.807) is 0 Å². The lowest BCUT2D eigenvalue weighted by Crippen LogP contribution is -2.17. The average Bonchev–Trinajstić information content (AvgIpc) is 2.17. The molecule has 0 amide bonds. The van der Waals surface area contributed by atoms with Crippen molar-refractivity contribution in [2.75, 3.05) is 13.7 Å². The summed E-state index contributed by atoms with van der Waals surface area (Å²) in [5.74, 6) is 0. The smallest absolute Gasteiger partial charge is 0.335 e. The van der Waals surface area contributed by atoms with E-state index >= 15 is 0 Å². The molecule has 0 saturated carbocycles. The summed E-state index contributed by atoms with van der Waals surface area (Å²) >= 11 is 0. The molecule has 0 bridgehead atoms. The number of ether oxygens (including phenoxy) is 1. The predicted octanol–water partition coefficient (Wildman–Crippen LogP) is -1.13. The standard InChI is InChI=1S/C6H10N4O2/c1-12-6-8-2-5(9-10-6)4(7)3-11/h2,4,11H,3,7H2,1H3. The Labute approximate surface area is 69.4 Å². The summed E-state index contributed by atoms with van der Waals surface area (Å²) < 4.78 is 4.69. The van der Waals surface area contributed by atoms with Crippen LogP contribution in [-0.2, 0) is 0 Å². The summed E-state index contributed by atoms with van der Waals surface area (Å²) in [4.78, 5) is 3.78. The van der Waals surface area contributed by atoms with Crippen LogP contribution in [0, 0.1) is 0 Å². The van der Waals surface area contributed by atoms with Crippen LogP contribution in [0.15, 0.2) is 6.20 Å². The molecule has 0 aliphatic rings. The second kappa shape index (κ2) is 3.93. The van der Waals surface area contributed by atoms with E-state index in [1.165, 1.54) is 13.3 Å². The number of nitrogens with two attached hydrogens (primary N) is 1. The third-order valence-electron chi connectivity index (χ3n) is 1.32. The van der Waals surface area contributed by atoms with Crippen LogP contribution in [0.3, 0.4) is 0 Å². The van der Waals surface area contributed by atoms with Gasteiger partial charge in [0.15, 0.2) is 0 Å². The van der Waals surface area contributed by atoms with Crippen LogP contribution in [0.1, 0.15) is 11.7 Å². The number of rotatable bonds is 3. The highest BCUT2D eigenvalue weighted by atomic mass is 16.5. The van der Waals surface area contributed by atoms with Gasteiger partial charge < -0.3 is 15.6 Å². The van der Waals surface area contributed by atoms with Crippen molar-refractivity contribution in [2.45, 2.75) is 6.04 Å². The second-order valence-corrected chi connectivity index (χ2v) is 2.16. The Bertz CT molecular complexity index is 238. The predicted molar refractivity (Wildman–Crippen MR) is 40.4 cm³/mol. The fourth-order valence-corrected chi connectivity index (χ4v) is 0.630. The lowest BCUT2D eigenvalue weighted by atomic mass is 10.2. The lowest BCUT2D eigenvalue weighted by molar-refractivity contribution is 0.264. The zero-order valence-electron chi connectivity index (χ0n) is 6.64. The highest BCUT2D eigenvalue weighted by molar-refractivity contribution is 5.02. The van der Waals surface area contributed by atoms with Gasteiger partial charge in [0.2, 0.25) is 0 Å². The van der Waals surface area contributed by atoms with Crippen molar-refractivity contribution in [3.8, 4) is 6.01 Å². The van der Waals surface area contributed by atoms with Crippen molar-refractivity contribution in [1.29, 1.82) is 0 Å².